The van der Waals surface area contributed by atoms with Gasteiger partial charge in [-0.3, -0.25) is 4.79 Å². The largest absolute Gasteiger partial charge is 0.323 e. The van der Waals surface area contributed by atoms with Crippen LogP contribution in [0.2, 0.25) is 0 Å². The molecule has 0 saturated heterocycles. The van der Waals surface area contributed by atoms with E-state index in [1.165, 1.54) is 6.07 Å². The minimum atomic E-state index is -0.696. The zero-order chi connectivity index (χ0) is 14.8. The second kappa shape index (κ2) is 5.44. The van der Waals surface area contributed by atoms with Gasteiger partial charge in [0.2, 0.25) is 0 Å². The first kappa shape index (κ1) is 13.4. The number of nitrogens with zero attached hydrogens (tertiary/aromatic N) is 2. The maximum absolute atomic E-state index is 13.5. The van der Waals surface area contributed by atoms with E-state index in [4.69, 9.17) is 0 Å². The number of ketones is 1. The topological polar surface area (TPSA) is 34.9 Å². The van der Waals surface area contributed by atoms with E-state index in [1.54, 1.807) is 10.9 Å². The molecule has 1 aromatic heterocycles. The molecule has 1 heterocycles. The average Bonchev–Trinajstić information content (AvgIpc) is 2.87. The van der Waals surface area contributed by atoms with Crippen molar-refractivity contribution in [3.05, 3.63) is 66.0 Å². The molecule has 0 unspecified atom stereocenters. The van der Waals surface area contributed by atoms with Gasteiger partial charge in [0.15, 0.2) is 5.78 Å². The Balaban J connectivity index is 1.81. The number of hydrogen-bond donors (Lipinski definition) is 0. The number of carbonyl (C=O) groups is 1. The van der Waals surface area contributed by atoms with Crippen LogP contribution in [0.3, 0.4) is 0 Å². The number of para-hydroxylation sites is 2. The molecule has 106 valence electrons. The monoisotopic (exact) mass is 286 g/mol. The molecule has 0 fully saturated rings. The molecule has 0 aliphatic rings. The minimum absolute atomic E-state index is 0.0360. The normalized spacial score (nSPS) is 11.0. The summed E-state index contributed by atoms with van der Waals surface area (Å²) in [5.74, 6) is -1.67. The van der Waals surface area contributed by atoms with Crippen molar-refractivity contribution in [1.82, 2.24) is 9.55 Å². The summed E-state index contributed by atoms with van der Waals surface area (Å²) in [5, 5.41) is 0. The number of aromatic nitrogens is 2. The van der Waals surface area contributed by atoms with E-state index in [-0.39, 0.29) is 24.3 Å². The molecular weight excluding hydrogens is 274 g/mol. The number of halogens is 2. The summed E-state index contributed by atoms with van der Waals surface area (Å²) in [5.41, 5.74) is 1.41. The second-order valence-electron chi connectivity index (χ2n) is 4.78. The molecule has 0 aliphatic carbocycles. The molecule has 5 heteroatoms. The Morgan fingerprint density at radius 3 is 2.52 bits per heavy atom. The Labute approximate surface area is 119 Å². The highest BCUT2D eigenvalue weighted by atomic mass is 19.1. The van der Waals surface area contributed by atoms with Crippen LogP contribution in [0.25, 0.3) is 11.0 Å². The predicted octanol–water partition coefficient (Wildman–Crippen LogP) is 3.13. The Bertz CT molecular complexity index is 791. The summed E-state index contributed by atoms with van der Waals surface area (Å²) in [6.07, 6.45) is 1.28. The molecule has 0 spiro atoms. The van der Waals surface area contributed by atoms with Crippen molar-refractivity contribution in [2.75, 3.05) is 0 Å². The zero-order valence-corrected chi connectivity index (χ0v) is 11.1. The van der Waals surface area contributed by atoms with Gasteiger partial charge in [0.25, 0.3) is 0 Å². The van der Waals surface area contributed by atoms with Crippen LogP contribution < -0.4 is 0 Å². The number of carbonyl (C=O) groups excluding carboxylic acids is 1. The Kier molecular flexibility index (Phi) is 3.48. The third-order valence-electron chi connectivity index (χ3n) is 3.31. The van der Waals surface area contributed by atoms with E-state index in [9.17, 15) is 13.6 Å². The van der Waals surface area contributed by atoms with Crippen LogP contribution in [0.5, 0.6) is 0 Å². The molecule has 3 nitrogen and oxygen atoms in total. The van der Waals surface area contributed by atoms with E-state index >= 15 is 0 Å². The van der Waals surface area contributed by atoms with Crippen molar-refractivity contribution in [2.24, 2.45) is 0 Å². The van der Waals surface area contributed by atoms with Crippen LogP contribution in [0, 0.1) is 11.6 Å². The predicted molar refractivity (Wildman–Crippen MR) is 74.8 cm³/mol. The quantitative estimate of drug-likeness (QED) is 0.738. The van der Waals surface area contributed by atoms with Crippen molar-refractivity contribution in [2.45, 2.75) is 13.0 Å². The smallest absolute Gasteiger partial charge is 0.157 e. The van der Waals surface area contributed by atoms with Gasteiger partial charge in [0.05, 0.1) is 23.9 Å². The van der Waals surface area contributed by atoms with Crippen LogP contribution in [-0.2, 0) is 17.8 Å². The van der Waals surface area contributed by atoms with Crippen LogP contribution in [0.15, 0.2) is 48.8 Å². The van der Waals surface area contributed by atoms with E-state index in [0.717, 1.165) is 23.2 Å². The number of hydrogen-bond acceptors (Lipinski definition) is 2. The Morgan fingerprint density at radius 1 is 1.05 bits per heavy atom. The molecule has 0 saturated carbocycles. The van der Waals surface area contributed by atoms with Gasteiger partial charge in [-0.1, -0.05) is 18.2 Å². The number of Topliss-reactive ketones (excluding diaryl/α,β-unsaturated/α-hetero) is 1. The maximum atomic E-state index is 13.5. The summed E-state index contributed by atoms with van der Waals surface area (Å²) in [4.78, 5) is 16.2. The maximum Gasteiger partial charge on any atom is 0.157 e. The van der Waals surface area contributed by atoms with E-state index < -0.39 is 11.6 Å². The summed E-state index contributed by atoms with van der Waals surface area (Å²) in [7, 11) is 0. The third kappa shape index (κ3) is 2.67. The average molecular weight is 286 g/mol. The van der Waals surface area contributed by atoms with Crippen LogP contribution in [-0.4, -0.2) is 15.3 Å². The fourth-order valence-corrected chi connectivity index (χ4v) is 2.28. The lowest BCUT2D eigenvalue weighted by molar-refractivity contribution is -0.119. The van der Waals surface area contributed by atoms with Gasteiger partial charge in [0.1, 0.15) is 11.6 Å². The molecule has 21 heavy (non-hydrogen) atoms. The lowest BCUT2D eigenvalue weighted by Crippen LogP contribution is -2.13. The van der Waals surface area contributed by atoms with Crippen LogP contribution in [0.4, 0.5) is 8.78 Å². The highest BCUT2D eigenvalue weighted by Gasteiger charge is 2.14. The molecule has 0 bridgehead atoms. The van der Waals surface area contributed by atoms with Crippen molar-refractivity contribution in [3.8, 4) is 0 Å². The van der Waals surface area contributed by atoms with Gasteiger partial charge in [0, 0.05) is 12.0 Å². The van der Waals surface area contributed by atoms with Gasteiger partial charge in [-0.05, 0) is 24.3 Å². The lowest BCUT2D eigenvalue weighted by Gasteiger charge is -2.06. The molecule has 3 rings (SSSR count). The number of rotatable bonds is 4. The van der Waals surface area contributed by atoms with Crippen molar-refractivity contribution in [3.63, 3.8) is 0 Å². The summed E-state index contributed by atoms with van der Waals surface area (Å²) in [6, 6.07) is 11.0. The third-order valence-corrected chi connectivity index (χ3v) is 3.31. The van der Waals surface area contributed by atoms with E-state index in [2.05, 4.69) is 4.98 Å². The molecule has 0 atom stereocenters. The van der Waals surface area contributed by atoms with Crippen LogP contribution >= 0.6 is 0 Å². The minimum Gasteiger partial charge on any atom is -0.323 e. The first-order valence-corrected chi connectivity index (χ1v) is 6.49. The van der Waals surface area contributed by atoms with Crippen molar-refractivity contribution >= 4 is 16.8 Å². The molecular formula is C16H12F2N2O. The van der Waals surface area contributed by atoms with Gasteiger partial charge < -0.3 is 4.57 Å². The molecule has 3 aromatic rings. The molecule has 2 aromatic carbocycles. The standard InChI is InChI=1S/C16H12F2N2O/c17-13-4-3-5-14(18)12(13)8-11(21)9-20-10-19-15-6-1-2-7-16(15)20/h1-7,10H,8-9H2. The van der Waals surface area contributed by atoms with Crippen molar-refractivity contribution < 1.29 is 13.6 Å². The highest BCUT2D eigenvalue weighted by molar-refractivity contribution is 5.83. The van der Waals surface area contributed by atoms with Crippen molar-refractivity contribution in [1.29, 1.82) is 0 Å². The van der Waals surface area contributed by atoms with Gasteiger partial charge in [-0.15, -0.1) is 0 Å². The molecule has 0 radical (unpaired) electrons. The van der Waals surface area contributed by atoms with Gasteiger partial charge in [-0.2, -0.15) is 0 Å². The first-order valence-electron chi connectivity index (χ1n) is 6.49. The fraction of sp³-hybridized carbons (Fsp3) is 0.125. The first-order chi connectivity index (χ1) is 10.1. The summed E-state index contributed by atoms with van der Waals surface area (Å²) >= 11 is 0. The van der Waals surface area contributed by atoms with Crippen LogP contribution in [0.1, 0.15) is 5.56 Å². The summed E-state index contributed by atoms with van der Waals surface area (Å²) in [6.45, 7) is 0.0360. The highest BCUT2D eigenvalue weighted by Crippen LogP contribution is 2.15. The second-order valence-corrected chi connectivity index (χ2v) is 4.78. The number of fused-ring (bicyclic) bond motifs is 1. The Hall–Kier alpha value is -2.56. The molecule has 0 aliphatic heterocycles. The van der Waals surface area contributed by atoms with E-state index in [0.29, 0.717) is 0 Å². The van der Waals surface area contributed by atoms with Gasteiger partial charge >= 0.3 is 0 Å². The summed E-state index contributed by atoms with van der Waals surface area (Å²) < 4.78 is 28.7. The Morgan fingerprint density at radius 2 is 1.76 bits per heavy atom. The zero-order valence-electron chi connectivity index (χ0n) is 11.1. The number of imidazole rings is 1. The fourth-order valence-electron chi connectivity index (χ4n) is 2.28. The van der Waals surface area contributed by atoms with E-state index in [1.807, 2.05) is 24.3 Å². The van der Waals surface area contributed by atoms with Gasteiger partial charge in [-0.25, -0.2) is 13.8 Å². The molecule has 0 amide bonds. The molecule has 0 N–H and O–H groups in total. The lowest BCUT2D eigenvalue weighted by atomic mass is 10.1. The number of benzene rings is 2. The SMILES string of the molecule is O=C(Cc1c(F)cccc1F)Cn1cnc2ccccc21.